The predicted octanol–water partition coefficient (Wildman–Crippen LogP) is 3.32. The number of rotatable bonds is 2. The summed E-state index contributed by atoms with van der Waals surface area (Å²) < 4.78 is 0. The summed E-state index contributed by atoms with van der Waals surface area (Å²) in [7, 11) is 0. The first-order valence-electron chi connectivity index (χ1n) is 3.61. The van der Waals surface area contributed by atoms with Gasteiger partial charge >= 0.3 is 0 Å². The molecule has 0 aliphatic heterocycles. The van der Waals surface area contributed by atoms with Crippen LogP contribution in [0.4, 0.5) is 0 Å². The maximum atomic E-state index is 8.67. The second kappa shape index (κ2) is 4.39. The summed E-state index contributed by atoms with van der Waals surface area (Å²) in [6.07, 6.45) is 0. The average Bonchev–Trinajstić information content (AvgIpc) is 2.09. The Kier molecular flexibility index (Phi) is 3.46. The van der Waals surface area contributed by atoms with E-state index in [2.05, 4.69) is 6.92 Å². The minimum Gasteiger partial charge on any atom is -0.192 e. The van der Waals surface area contributed by atoms with E-state index < -0.39 is 0 Å². The van der Waals surface area contributed by atoms with Crippen molar-refractivity contribution in [2.75, 3.05) is 5.75 Å². The first-order valence-corrected chi connectivity index (χ1v) is 4.97. The maximum Gasteiger partial charge on any atom is 0.101 e. The lowest BCUT2D eigenvalue weighted by Crippen LogP contribution is -1.80. The summed E-state index contributed by atoms with van der Waals surface area (Å²) in [4.78, 5) is 0.984. The van der Waals surface area contributed by atoms with Crippen LogP contribution < -0.4 is 0 Å². The second-order valence-corrected chi connectivity index (χ2v) is 3.85. The number of hydrogen-bond acceptors (Lipinski definition) is 2. The summed E-state index contributed by atoms with van der Waals surface area (Å²) in [6.45, 7) is 2.06. The molecule has 0 saturated carbocycles. The molecule has 0 amide bonds. The van der Waals surface area contributed by atoms with Crippen molar-refractivity contribution in [3.63, 3.8) is 0 Å². The van der Waals surface area contributed by atoms with Gasteiger partial charge in [-0.15, -0.1) is 11.8 Å². The standard InChI is InChI=1S/C9H8ClNS/c1-2-12-8-5-3-4-7(6-11)9(8)10/h3-5H,2H2,1H3. The van der Waals surface area contributed by atoms with Crippen molar-refractivity contribution in [3.8, 4) is 6.07 Å². The Morgan fingerprint density at radius 1 is 1.58 bits per heavy atom. The highest BCUT2D eigenvalue weighted by Gasteiger charge is 2.03. The van der Waals surface area contributed by atoms with E-state index in [-0.39, 0.29) is 0 Å². The summed E-state index contributed by atoms with van der Waals surface area (Å²) in [5.74, 6) is 0.967. The van der Waals surface area contributed by atoms with Crippen LogP contribution >= 0.6 is 23.4 Å². The minimum atomic E-state index is 0.551. The molecule has 0 heterocycles. The van der Waals surface area contributed by atoms with E-state index in [1.807, 2.05) is 18.2 Å². The van der Waals surface area contributed by atoms with Gasteiger partial charge in [-0.1, -0.05) is 24.6 Å². The lowest BCUT2D eigenvalue weighted by molar-refractivity contribution is 1.39. The van der Waals surface area contributed by atoms with Gasteiger partial charge in [0, 0.05) is 4.90 Å². The number of hydrogen-bond donors (Lipinski definition) is 0. The van der Waals surface area contributed by atoms with Gasteiger partial charge in [0.15, 0.2) is 0 Å². The van der Waals surface area contributed by atoms with Gasteiger partial charge in [-0.3, -0.25) is 0 Å². The third kappa shape index (κ3) is 1.94. The first-order chi connectivity index (χ1) is 5.79. The zero-order valence-corrected chi connectivity index (χ0v) is 8.25. The first kappa shape index (κ1) is 9.44. The highest BCUT2D eigenvalue weighted by atomic mass is 35.5. The molecule has 1 aromatic carbocycles. The fourth-order valence-corrected chi connectivity index (χ4v) is 1.92. The summed E-state index contributed by atoms with van der Waals surface area (Å²) >= 11 is 7.59. The molecule has 0 aliphatic rings. The lowest BCUT2D eigenvalue weighted by atomic mass is 10.2. The molecule has 0 unspecified atom stereocenters. The molecule has 1 nitrogen and oxygen atoms in total. The number of benzene rings is 1. The fourth-order valence-electron chi connectivity index (χ4n) is 0.864. The molecule has 62 valence electrons. The van der Waals surface area contributed by atoms with Crippen LogP contribution in [0, 0.1) is 11.3 Å². The van der Waals surface area contributed by atoms with E-state index >= 15 is 0 Å². The molecule has 0 atom stereocenters. The topological polar surface area (TPSA) is 23.8 Å². The Hall–Kier alpha value is -0.650. The van der Waals surface area contributed by atoms with Crippen LogP contribution in [-0.2, 0) is 0 Å². The van der Waals surface area contributed by atoms with Gasteiger partial charge in [-0.05, 0) is 17.9 Å². The molecule has 0 spiro atoms. The van der Waals surface area contributed by atoms with Crippen LogP contribution in [-0.4, -0.2) is 5.75 Å². The number of thioether (sulfide) groups is 1. The zero-order chi connectivity index (χ0) is 8.97. The molecule has 1 rings (SSSR count). The Morgan fingerprint density at radius 3 is 2.92 bits per heavy atom. The van der Waals surface area contributed by atoms with E-state index in [0.717, 1.165) is 10.6 Å². The predicted molar refractivity (Wildman–Crippen MR) is 52.6 cm³/mol. The van der Waals surface area contributed by atoms with Crippen LogP contribution in [0.25, 0.3) is 0 Å². The molecule has 0 radical (unpaired) electrons. The van der Waals surface area contributed by atoms with E-state index in [0.29, 0.717) is 10.6 Å². The van der Waals surface area contributed by atoms with Gasteiger partial charge < -0.3 is 0 Å². The van der Waals surface area contributed by atoms with E-state index in [1.54, 1.807) is 17.8 Å². The number of nitrogens with zero attached hydrogens (tertiary/aromatic N) is 1. The molecular formula is C9H8ClNS. The Labute approximate surface area is 81.3 Å². The molecule has 0 aliphatic carbocycles. The molecule has 0 bridgehead atoms. The Balaban J connectivity index is 3.07. The largest absolute Gasteiger partial charge is 0.192 e. The van der Waals surface area contributed by atoms with Crippen LogP contribution in [0.15, 0.2) is 23.1 Å². The quantitative estimate of drug-likeness (QED) is 0.680. The third-order valence-electron chi connectivity index (χ3n) is 1.38. The molecule has 0 N–H and O–H groups in total. The van der Waals surface area contributed by atoms with Crippen LogP contribution in [0.1, 0.15) is 12.5 Å². The van der Waals surface area contributed by atoms with Crippen molar-refractivity contribution in [2.24, 2.45) is 0 Å². The molecule has 0 saturated heterocycles. The molecule has 12 heavy (non-hydrogen) atoms. The molecular weight excluding hydrogens is 190 g/mol. The molecule has 0 aromatic heterocycles. The molecule has 3 heteroatoms. The van der Waals surface area contributed by atoms with Gasteiger partial charge in [0.25, 0.3) is 0 Å². The summed E-state index contributed by atoms with van der Waals surface area (Å²) in [6, 6.07) is 7.55. The van der Waals surface area contributed by atoms with Gasteiger partial charge in [0.05, 0.1) is 10.6 Å². The monoisotopic (exact) mass is 197 g/mol. The van der Waals surface area contributed by atoms with Gasteiger partial charge in [0.1, 0.15) is 6.07 Å². The lowest BCUT2D eigenvalue weighted by Gasteiger charge is -2.01. The second-order valence-electron chi connectivity index (χ2n) is 2.16. The zero-order valence-electron chi connectivity index (χ0n) is 6.67. The van der Waals surface area contributed by atoms with Crippen molar-refractivity contribution < 1.29 is 0 Å². The van der Waals surface area contributed by atoms with Crippen LogP contribution in [0.2, 0.25) is 5.02 Å². The summed E-state index contributed by atoms with van der Waals surface area (Å²) in [5, 5.41) is 9.24. The number of nitriles is 1. The van der Waals surface area contributed by atoms with E-state index in [4.69, 9.17) is 16.9 Å². The van der Waals surface area contributed by atoms with Crippen molar-refractivity contribution in [1.82, 2.24) is 0 Å². The Morgan fingerprint density at radius 2 is 2.33 bits per heavy atom. The molecule has 0 fully saturated rings. The molecule has 1 aromatic rings. The normalized spacial score (nSPS) is 9.42. The highest BCUT2D eigenvalue weighted by Crippen LogP contribution is 2.29. The highest BCUT2D eigenvalue weighted by molar-refractivity contribution is 7.99. The fraction of sp³-hybridized carbons (Fsp3) is 0.222. The van der Waals surface area contributed by atoms with E-state index in [9.17, 15) is 0 Å². The van der Waals surface area contributed by atoms with Crippen molar-refractivity contribution in [3.05, 3.63) is 28.8 Å². The van der Waals surface area contributed by atoms with Crippen LogP contribution in [0.3, 0.4) is 0 Å². The summed E-state index contributed by atoms with van der Waals surface area (Å²) in [5.41, 5.74) is 0.551. The average molecular weight is 198 g/mol. The Bertz CT molecular complexity index is 317. The van der Waals surface area contributed by atoms with Crippen molar-refractivity contribution >= 4 is 23.4 Å². The van der Waals surface area contributed by atoms with Gasteiger partial charge in [-0.2, -0.15) is 5.26 Å². The number of halogens is 1. The van der Waals surface area contributed by atoms with Crippen molar-refractivity contribution in [2.45, 2.75) is 11.8 Å². The van der Waals surface area contributed by atoms with Crippen molar-refractivity contribution in [1.29, 1.82) is 5.26 Å². The minimum absolute atomic E-state index is 0.551. The van der Waals surface area contributed by atoms with Gasteiger partial charge in [0.2, 0.25) is 0 Å². The maximum absolute atomic E-state index is 8.67. The third-order valence-corrected chi connectivity index (χ3v) is 2.84. The smallest absolute Gasteiger partial charge is 0.101 e. The van der Waals surface area contributed by atoms with Crippen LogP contribution in [0.5, 0.6) is 0 Å². The van der Waals surface area contributed by atoms with E-state index in [1.165, 1.54) is 0 Å². The SMILES string of the molecule is CCSc1cccc(C#N)c1Cl. The van der Waals surface area contributed by atoms with Gasteiger partial charge in [-0.25, -0.2) is 0 Å².